The number of allylic oxidation sites excluding steroid dienone is 1. The molecule has 1 atom stereocenters. The molecular formula is C20H21N3O8. The van der Waals surface area contributed by atoms with Crippen LogP contribution in [0.3, 0.4) is 0 Å². The molecule has 1 amide bonds. The fourth-order valence-electron chi connectivity index (χ4n) is 2.95. The van der Waals surface area contributed by atoms with Gasteiger partial charge in [0.2, 0.25) is 5.88 Å². The van der Waals surface area contributed by atoms with Crippen molar-refractivity contribution in [3.8, 4) is 17.6 Å². The maximum Gasteiger partial charge on any atom is 0.338 e. The molecule has 0 bridgehead atoms. The Morgan fingerprint density at radius 2 is 1.87 bits per heavy atom. The summed E-state index contributed by atoms with van der Waals surface area (Å²) in [5.41, 5.74) is 11.2. The smallest absolute Gasteiger partial charge is 0.338 e. The van der Waals surface area contributed by atoms with E-state index in [1.54, 1.807) is 0 Å². The van der Waals surface area contributed by atoms with Crippen molar-refractivity contribution in [2.75, 3.05) is 27.9 Å². The number of nitrogens with two attached hydrogens (primary N) is 2. The number of nitrogens with zero attached hydrogens (tertiary/aromatic N) is 1. The number of amides is 1. The van der Waals surface area contributed by atoms with E-state index in [4.69, 9.17) is 30.4 Å². The lowest BCUT2D eigenvalue weighted by atomic mass is 9.82. The van der Waals surface area contributed by atoms with Gasteiger partial charge in [-0.1, -0.05) is 6.07 Å². The summed E-state index contributed by atoms with van der Waals surface area (Å²) in [5.74, 6) is -3.16. The quantitative estimate of drug-likeness (QED) is 0.547. The number of rotatable bonds is 8. The lowest BCUT2D eigenvalue weighted by Crippen LogP contribution is -2.27. The van der Waals surface area contributed by atoms with Gasteiger partial charge in [-0.3, -0.25) is 9.59 Å². The molecule has 1 aromatic carbocycles. The van der Waals surface area contributed by atoms with Gasteiger partial charge in [-0.15, -0.1) is 0 Å². The van der Waals surface area contributed by atoms with E-state index in [0.717, 1.165) is 7.11 Å². The zero-order chi connectivity index (χ0) is 23.1. The zero-order valence-corrected chi connectivity index (χ0v) is 17.1. The first-order chi connectivity index (χ1) is 14.8. The number of hydrogen-bond acceptors (Lipinski definition) is 10. The van der Waals surface area contributed by atoms with E-state index >= 15 is 0 Å². The second-order valence-corrected chi connectivity index (χ2v) is 6.17. The fourth-order valence-corrected chi connectivity index (χ4v) is 2.95. The van der Waals surface area contributed by atoms with Crippen LogP contribution in [0.15, 0.2) is 41.0 Å². The van der Waals surface area contributed by atoms with Gasteiger partial charge < -0.3 is 35.2 Å². The largest absolute Gasteiger partial charge is 0.493 e. The van der Waals surface area contributed by atoms with Crippen LogP contribution in [0.4, 0.5) is 0 Å². The molecule has 1 aromatic rings. The van der Waals surface area contributed by atoms with Gasteiger partial charge in [0.05, 0.1) is 32.8 Å². The Bertz CT molecular complexity index is 1010. The van der Waals surface area contributed by atoms with E-state index in [-0.39, 0.29) is 40.9 Å². The van der Waals surface area contributed by atoms with Gasteiger partial charge in [0.1, 0.15) is 23.8 Å². The summed E-state index contributed by atoms with van der Waals surface area (Å²) in [6, 6.07) is 6.44. The SMILES string of the molecule is COC(=O)CC1=C(C(=O)OC)[C@@H](c2ccc(OCC(N)=O)c(OC)c2)C(C#N)=C(N)O1. The lowest BCUT2D eigenvalue weighted by molar-refractivity contribution is -0.140. The average molecular weight is 431 g/mol. The average Bonchev–Trinajstić information content (AvgIpc) is 2.76. The van der Waals surface area contributed by atoms with E-state index in [1.807, 2.05) is 6.07 Å². The van der Waals surface area contributed by atoms with Crippen molar-refractivity contribution >= 4 is 17.8 Å². The summed E-state index contributed by atoms with van der Waals surface area (Å²) < 4.78 is 25.5. The molecule has 0 saturated heterocycles. The predicted molar refractivity (Wildman–Crippen MR) is 104 cm³/mol. The highest BCUT2D eigenvalue weighted by Crippen LogP contribution is 2.42. The third-order valence-corrected chi connectivity index (χ3v) is 4.33. The van der Waals surface area contributed by atoms with Gasteiger partial charge in [0.25, 0.3) is 5.91 Å². The van der Waals surface area contributed by atoms with Crippen molar-refractivity contribution in [1.29, 1.82) is 5.26 Å². The number of methoxy groups -OCH3 is 3. The first kappa shape index (κ1) is 23.1. The molecule has 2 rings (SSSR count). The predicted octanol–water partition coefficient (Wildman–Crippen LogP) is 0.357. The summed E-state index contributed by atoms with van der Waals surface area (Å²) in [7, 11) is 3.70. The van der Waals surface area contributed by atoms with Crippen LogP contribution >= 0.6 is 0 Å². The summed E-state index contributed by atoms with van der Waals surface area (Å²) in [4.78, 5) is 35.4. The molecule has 1 aliphatic rings. The Kier molecular flexibility index (Phi) is 7.46. The molecule has 11 nitrogen and oxygen atoms in total. The van der Waals surface area contributed by atoms with Gasteiger partial charge in [-0.05, 0) is 17.7 Å². The van der Waals surface area contributed by atoms with Crippen LogP contribution in [0.1, 0.15) is 17.9 Å². The zero-order valence-electron chi connectivity index (χ0n) is 17.1. The molecule has 0 saturated carbocycles. The van der Waals surface area contributed by atoms with Crippen LogP contribution in [0.5, 0.6) is 11.5 Å². The molecule has 0 radical (unpaired) electrons. The molecular weight excluding hydrogens is 410 g/mol. The molecule has 4 N–H and O–H groups in total. The van der Waals surface area contributed by atoms with Crippen molar-refractivity contribution in [3.05, 3.63) is 46.6 Å². The van der Waals surface area contributed by atoms with Crippen molar-refractivity contribution < 1.29 is 38.1 Å². The van der Waals surface area contributed by atoms with Crippen molar-refractivity contribution in [2.24, 2.45) is 11.5 Å². The van der Waals surface area contributed by atoms with Crippen LogP contribution in [-0.4, -0.2) is 45.8 Å². The highest BCUT2D eigenvalue weighted by Gasteiger charge is 2.38. The Balaban J connectivity index is 2.65. The first-order valence-electron chi connectivity index (χ1n) is 8.82. The van der Waals surface area contributed by atoms with E-state index in [0.29, 0.717) is 5.56 Å². The molecule has 0 unspecified atom stereocenters. The number of hydrogen-bond donors (Lipinski definition) is 2. The summed E-state index contributed by atoms with van der Waals surface area (Å²) >= 11 is 0. The number of carbonyl (C=O) groups excluding carboxylic acids is 3. The van der Waals surface area contributed by atoms with E-state index < -0.39 is 30.2 Å². The van der Waals surface area contributed by atoms with Gasteiger partial charge in [0.15, 0.2) is 18.1 Å². The van der Waals surface area contributed by atoms with Crippen molar-refractivity contribution in [2.45, 2.75) is 12.3 Å². The number of primary amides is 1. The Hall–Kier alpha value is -4.20. The van der Waals surface area contributed by atoms with Crippen LogP contribution in [-0.2, 0) is 28.6 Å². The third kappa shape index (κ3) is 5.05. The second-order valence-electron chi connectivity index (χ2n) is 6.17. The van der Waals surface area contributed by atoms with Crippen molar-refractivity contribution in [1.82, 2.24) is 0 Å². The molecule has 1 heterocycles. The van der Waals surface area contributed by atoms with Crippen LogP contribution in [0.25, 0.3) is 0 Å². The number of benzene rings is 1. The van der Waals surface area contributed by atoms with Gasteiger partial charge >= 0.3 is 11.9 Å². The Morgan fingerprint density at radius 3 is 2.42 bits per heavy atom. The number of nitriles is 1. The topological polar surface area (TPSA) is 173 Å². The minimum absolute atomic E-state index is 0.0677. The number of ether oxygens (including phenoxy) is 5. The van der Waals surface area contributed by atoms with E-state index in [2.05, 4.69) is 4.74 Å². The molecule has 0 aliphatic carbocycles. The van der Waals surface area contributed by atoms with Crippen molar-refractivity contribution in [3.63, 3.8) is 0 Å². The van der Waals surface area contributed by atoms with Crippen LogP contribution < -0.4 is 20.9 Å². The highest BCUT2D eigenvalue weighted by atomic mass is 16.5. The maximum absolute atomic E-state index is 12.6. The molecule has 0 fully saturated rings. The van der Waals surface area contributed by atoms with Crippen LogP contribution in [0.2, 0.25) is 0 Å². The van der Waals surface area contributed by atoms with Crippen LogP contribution in [0, 0.1) is 11.3 Å². The molecule has 0 spiro atoms. The lowest BCUT2D eigenvalue weighted by Gasteiger charge is -2.28. The molecule has 164 valence electrons. The van der Waals surface area contributed by atoms with E-state index in [1.165, 1.54) is 32.4 Å². The van der Waals surface area contributed by atoms with E-state index in [9.17, 15) is 19.6 Å². The highest BCUT2D eigenvalue weighted by molar-refractivity contribution is 5.93. The second kappa shape index (κ2) is 10.0. The molecule has 0 aromatic heterocycles. The fraction of sp³-hybridized carbons (Fsp3) is 0.300. The maximum atomic E-state index is 12.6. The minimum atomic E-state index is -1.02. The molecule has 31 heavy (non-hydrogen) atoms. The first-order valence-corrected chi connectivity index (χ1v) is 8.82. The monoisotopic (exact) mass is 431 g/mol. The Labute approximate surface area is 177 Å². The minimum Gasteiger partial charge on any atom is -0.493 e. The van der Waals surface area contributed by atoms with Gasteiger partial charge in [-0.2, -0.15) is 5.26 Å². The van der Waals surface area contributed by atoms with Gasteiger partial charge in [-0.25, -0.2) is 4.79 Å². The Morgan fingerprint density at radius 1 is 1.16 bits per heavy atom. The standard InChI is InChI=1S/C20H21N3O8/c1-27-13-6-10(4-5-12(13)30-9-15(22)24)17-11(8-21)19(23)31-14(7-16(25)28-2)18(17)20(26)29-3/h4-6,17H,7,9,23H2,1-3H3,(H2,22,24)/t17-/m0/s1. The van der Waals surface area contributed by atoms with Gasteiger partial charge in [0, 0.05) is 0 Å². The molecule has 1 aliphatic heterocycles. The molecule has 11 heteroatoms. The number of carbonyl (C=O) groups is 3. The summed E-state index contributed by atoms with van der Waals surface area (Å²) in [6.07, 6.45) is -0.409. The third-order valence-electron chi connectivity index (χ3n) is 4.33. The summed E-state index contributed by atoms with van der Waals surface area (Å²) in [6.45, 7) is -0.375. The summed E-state index contributed by atoms with van der Waals surface area (Å²) in [5, 5.41) is 9.66. The number of esters is 2. The normalized spacial score (nSPS) is 15.5.